The van der Waals surface area contributed by atoms with Crippen molar-refractivity contribution in [2.24, 2.45) is 5.73 Å². The number of hydrogen-bond acceptors (Lipinski definition) is 8. The molecule has 2 aliphatic heterocycles. The molecule has 0 radical (unpaired) electrons. The lowest BCUT2D eigenvalue weighted by atomic mass is 10.0. The number of aromatic nitrogens is 2. The molecule has 37 heavy (non-hydrogen) atoms. The maximum Gasteiger partial charge on any atom is 0.247 e. The SMILES string of the molecule is CS(=O)(=O)NCCCCC(C(=O)N1CCCC1)N(C(=O)C(N)Cc1c[nH]cn1)C(=O)C1CCCN1.Cl.Cl. The van der Waals surface area contributed by atoms with Crippen molar-refractivity contribution in [3.05, 3.63) is 18.2 Å². The molecular formula is C22H39Cl2N7O5S. The molecule has 0 bridgehead atoms. The highest BCUT2D eigenvalue weighted by molar-refractivity contribution is 7.88. The van der Waals surface area contributed by atoms with E-state index in [1.165, 1.54) is 6.33 Å². The van der Waals surface area contributed by atoms with Crippen molar-refractivity contribution in [2.75, 3.05) is 32.4 Å². The summed E-state index contributed by atoms with van der Waals surface area (Å²) in [5, 5.41) is 3.13. The number of nitrogens with zero attached hydrogens (tertiary/aromatic N) is 3. The zero-order valence-corrected chi connectivity index (χ0v) is 23.5. The van der Waals surface area contributed by atoms with Crippen LogP contribution >= 0.6 is 24.8 Å². The summed E-state index contributed by atoms with van der Waals surface area (Å²) >= 11 is 0. The van der Waals surface area contributed by atoms with E-state index in [9.17, 15) is 22.8 Å². The van der Waals surface area contributed by atoms with E-state index in [0.717, 1.165) is 30.4 Å². The number of unbranched alkanes of at least 4 members (excludes halogenated alkanes) is 1. The van der Waals surface area contributed by atoms with Gasteiger partial charge in [0.05, 0.1) is 30.4 Å². The van der Waals surface area contributed by atoms with Crippen molar-refractivity contribution in [2.45, 2.75) is 69.5 Å². The number of carbonyl (C=O) groups excluding carboxylic acids is 3. The molecule has 0 saturated carbocycles. The average molecular weight is 585 g/mol. The van der Waals surface area contributed by atoms with Crippen LogP contribution in [-0.4, -0.2) is 96.5 Å². The van der Waals surface area contributed by atoms with Gasteiger partial charge in [0.1, 0.15) is 6.04 Å². The lowest BCUT2D eigenvalue weighted by Crippen LogP contribution is -2.60. The molecule has 1 aromatic heterocycles. The Balaban J connectivity index is 0.00000342. The lowest BCUT2D eigenvalue weighted by molar-refractivity contribution is -0.156. The summed E-state index contributed by atoms with van der Waals surface area (Å²) in [7, 11) is -3.32. The maximum absolute atomic E-state index is 13.6. The third kappa shape index (κ3) is 9.80. The van der Waals surface area contributed by atoms with E-state index in [2.05, 4.69) is 20.0 Å². The second-order valence-corrected chi connectivity index (χ2v) is 11.1. The number of imidazole rings is 1. The average Bonchev–Trinajstić information content (AvgIpc) is 3.59. The maximum atomic E-state index is 13.6. The number of likely N-dealkylation sites (tertiary alicyclic amines) is 1. The van der Waals surface area contributed by atoms with Crippen LogP contribution in [0, 0.1) is 0 Å². The molecule has 3 heterocycles. The fraction of sp³-hybridized carbons (Fsp3) is 0.727. The minimum atomic E-state index is -3.32. The van der Waals surface area contributed by atoms with E-state index >= 15 is 0 Å². The third-order valence-electron chi connectivity index (χ3n) is 6.42. The van der Waals surface area contributed by atoms with Crippen LogP contribution in [0.5, 0.6) is 0 Å². The number of halogens is 2. The molecule has 3 atom stereocenters. The first-order valence-electron chi connectivity index (χ1n) is 12.2. The van der Waals surface area contributed by atoms with Gasteiger partial charge in [-0.25, -0.2) is 18.1 Å². The zero-order valence-electron chi connectivity index (χ0n) is 21.1. The molecule has 2 saturated heterocycles. The van der Waals surface area contributed by atoms with Crippen LogP contribution in [0.1, 0.15) is 50.6 Å². The zero-order chi connectivity index (χ0) is 25.4. The largest absolute Gasteiger partial charge is 0.351 e. The van der Waals surface area contributed by atoms with E-state index in [1.54, 1.807) is 11.1 Å². The van der Waals surface area contributed by atoms with Crippen molar-refractivity contribution >= 4 is 52.6 Å². The Morgan fingerprint density at radius 2 is 1.92 bits per heavy atom. The molecule has 5 N–H and O–H groups in total. The Labute approximate surface area is 230 Å². The summed E-state index contributed by atoms with van der Waals surface area (Å²) in [5.74, 6) is -1.29. The lowest BCUT2D eigenvalue weighted by Gasteiger charge is -2.35. The van der Waals surface area contributed by atoms with Crippen molar-refractivity contribution in [3.63, 3.8) is 0 Å². The molecule has 12 nitrogen and oxygen atoms in total. The van der Waals surface area contributed by atoms with E-state index in [-0.39, 0.29) is 50.1 Å². The molecule has 3 unspecified atom stereocenters. The van der Waals surface area contributed by atoms with Crippen molar-refractivity contribution < 1.29 is 22.8 Å². The van der Waals surface area contributed by atoms with Crippen molar-refractivity contribution in [3.8, 4) is 0 Å². The van der Waals surface area contributed by atoms with Crippen LogP contribution in [0.15, 0.2) is 12.5 Å². The van der Waals surface area contributed by atoms with Gasteiger partial charge in [0.2, 0.25) is 27.7 Å². The van der Waals surface area contributed by atoms with Gasteiger partial charge in [0.15, 0.2) is 0 Å². The van der Waals surface area contributed by atoms with Gasteiger partial charge in [0, 0.05) is 32.3 Å². The summed E-state index contributed by atoms with van der Waals surface area (Å²) < 4.78 is 25.1. The molecule has 212 valence electrons. The van der Waals surface area contributed by atoms with Gasteiger partial charge in [0.25, 0.3) is 0 Å². The van der Waals surface area contributed by atoms with Gasteiger partial charge < -0.3 is 20.9 Å². The van der Waals surface area contributed by atoms with Crippen LogP contribution in [0.4, 0.5) is 0 Å². The Hall–Kier alpha value is -1.77. The third-order valence-corrected chi connectivity index (χ3v) is 7.15. The Morgan fingerprint density at radius 1 is 1.22 bits per heavy atom. The molecule has 0 spiro atoms. The standard InChI is InChI=1S/C22H37N7O5S.2ClH/c1-35(33,34)27-10-3-2-8-19(22(32)28-11-4-5-12-28)29(21(31)18-7-6-9-25-18)20(30)17(23)13-16-14-24-15-26-16;;/h14-15,17-19,25,27H,2-13,23H2,1H3,(H,24,26);2*1H. The number of nitrogens with two attached hydrogens (primary N) is 1. The van der Waals surface area contributed by atoms with Gasteiger partial charge in [-0.2, -0.15) is 0 Å². The first-order chi connectivity index (χ1) is 16.7. The van der Waals surface area contributed by atoms with Crippen LogP contribution in [0.3, 0.4) is 0 Å². The predicted molar refractivity (Wildman–Crippen MR) is 144 cm³/mol. The van der Waals surface area contributed by atoms with E-state index in [1.807, 2.05) is 0 Å². The Bertz CT molecular complexity index is 968. The second-order valence-electron chi connectivity index (χ2n) is 9.28. The second kappa shape index (κ2) is 15.6. The predicted octanol–water partition coefficient (Wildman–Crippen LogP) is -0.0592. The number of amides is 3. The number of H-pyrrole nitrogens is 1. The summed E-state index contributed by atoms with van der Waals surface area (Å²) in [6, 6.07) is -2.57. The number of rotatable bonds is 12. The molecule has 3 amide bonds. The fourth-order valence-electron chi connectivity index (χ4n) is 4.60. The normalized spacial score (nSPS) is 19.0. The van der Waals surface area contributed by atoms with E-state index in [0.29, 0.717) is 44.6 Å². The number of carbonyl (C=O) groups is 3. The summed E-state index contributed by atoms with van der Waals surface area (Å²) in [4.78, 5) is 50.5. The molecule has 0 aromatic carbocycles. The topological polar surface area (TPSA) is 171 Å². The number of imide groups is 1. The number of aromatic amines is 1. The molecule has 3 rings (SSSR count). The molecule has 1 aromatic rings. The van der Waals surface area contributed by atoms with Gasteiger partial charge in [-0.3, -0.25) is 19.3 Å². The van der Waals surface area contributed by atoms with Gasteiger partial charge in [-0.05, 0) is 51.5 Å². The quantitative estimate of drug-likeness (QED) is 0.248. The fourth-order valence-corrected chi connectivity index (χ4v) is 5.12. The highest BCUT2D eigenvalue weighted by Gasteiger charge is 2.42. The van der Waals surface area contributed by atoms with Crippen molar-refractivity contribution in [1.29, 1.82) is 0 Å². The Kier molecular flexibility index (Phi) is 14.0. The van der Waals surface area contributed by atoms with Gasteiger partial charge >= 0.3 is 0 Å². The molecule has 2 aliphatic rings. The summed E-state index contributed by atoms with van der Waals surface area (Å²) in [6.45, 7) is 2.05. The minimum absolute atomic E-state index is 0. The van der Waals surface area contributed by atoms with E-state index < -0.39 is 40.0 Å². The first kappa shape index (κ1) is 33.3. The van der Waals surface area contributed by atoms with Crippen LogP contribution < -0.4 is 15.8 Å². The first-order valence-corrected chi connectivity index (χ1v) is 14.1. The molecule has 2 fully saturated rings. The van der Waals surface area contributed by atoms with Gasteiger partial charge in [-0.1, -0.05) is 0 Å². The van der Waals surface area contributed by atoms with Crippen LogP contribution in [0.2, 0.25) is 0 Å². The number of sulfonamides is 1. The van der Waals surface area contributed by atoms with Crippen LogP contribution in [-0.2, 0) is 30.8 Å². The molecular weight excluding hydrogens is 545 g/mol. The van der Waals surface area contributed by atoms with Crippen LogP contribution in [0.25, 0.3) is 0 Å². The van der Waals surface area contributed by atoms with E-state index in [4.69, 9.17) is 5.73 Å². The highest BCUT2D eigenvalue weighted by atomic mass is 35.5. The minimum Gasteiger partial charge on any atom is -0.351 e. The Morgan fingerprint density at radius 3 is 2.49 bits per heavy atom. The van der Waals surface area contributed by atoms with Gasteiger partial charge in [-0.15, -0.1) is 24.8 Å². The monoisotopic (exact) mass is 583 g/mol. The highest BCUT2D eigenvalue weighted by Crippen LogP contribution is 2.21. The smallest absolute Gasteiger partial charge is 0.247 e. The number of nitrogens with one attached hydrogen (secondary N) is 3. The molecule has 15 heteroatoms. The number of hydrogen-bond donors (Lipinski definition) is 4. The summed E-state index contributed by atoms with van der Waals surface area (Å²) in [5.41, 5.74) is 6.83. The summed E-state index contributed by atoms with van der Waals surface area (Å²) in [6.07, 6.45) is 8.64. The molecule has 0 aliphatic carbocycles. The van der Waals surface area contributed by atoms with Crippen molar-refractivity contribution in [1.82, 2.24) is 29.8 Å².